The molecule has 0 bridgehead atoms. The second kappa shape index (κ2) is 35.3. The number of carbonyl (C=O) groups excluding carboxylic acids is 3. The Labute approximate surface area is 278 Å². The molecule has 6 heteroatoms. The summed E-state index contributed by atoms with van der Waals surface area (Å²) in [6, 6.07) is 0. The van der Waals surface area contributed by atoms with E-state index in [2.05, 4.69) is 20.8 Å². The van der Waals surface area contributed by atoms with Crippen molar-refractivity contribution >= 4 is 17.9 Å². The van der Waals surface area contributed by atoms with Gasteiger partial charge in [0.2, 0.25) is 0 Å². The van der Waals surface area contributed by atoms with Gasteiger partial charge in [-0.15, -0.1) is 0 Å². The van der Waals surface area contributed by atoms with Crippen molar-refractivity contribution in [1.29, 1.82) is 0 Å². The molecular weight excluding hydrogens is 564 g/mol. The smallest absolute Gasteiger partial charge is 0.306 e. The summed E-state index contributed by atoms with van der Waals surface area (Å²) >= 11 is 0. The van der Waals surface area contributed by atoms with Crippen molar-refractivity contribution < 1.29 is 28.6 Å². The van der Waals surface area contributed by atoms with Crippen molar-refractivity contribution in [1.82, 2.24) is 0 Å². The summed E-state index contributed by atoms with van der Waals surface area (Å²) in [4.78, 5) is 37.2. The summed E-state index contributed by atoms with van der Waals surface area (Å²) in [5, 5.41) is 0. The highest BCUT2D eigenvalue weighted by Gasteiger charge is 2.19. The molecule has 0 N–H and O–H groups in total. The number of hydrogen-bond acceptors (Lipinski definition) is 6. The number of hydrogen-bond donors (Lipinski definition) is 0. The van der Waals surface area contributed by atoms with E-state index in [-0.39, 0.29) is 31.1 Å². The van der Waals surface area contributed by atoms with E-state index in [0.29, 0.717) is 19.3 Å². The third-order valence-corrected chi connectivity index (χ3v) is 8.61. The first-order valence-electron chi connectivity index (χ1n) is 19.5. The maximum absolute atomic E-state index is 12.5. The molecule has 45 heavy (non-hydrogen) atoms. The second-order valence-corrected chi connectivity index (χ2v) is 13.2. The molecule has 0 fully saturated rings. The number of esters is 3. The van der Waals surface area contributed by atoms with Gasteiger partial charge in [-0.05, 0) is 19.3 Å². The standard InChI is InChI=1S/C39H74O6/c1-4-7-10-13-16-17-18-19-20-21-24-26-29-32-38(41)44-35-36(45-39(42)33-30-27-23-15-12-9-6-3)34-43-37(40)31-28-25-22-14-11-8-5-2/h36H,4-35H2,1-3H3. The zero-order valence-corrected chi connectivity index (χ0v) is 30.2. The normalized spacial score (nSPS) is 11.8. The quantitative estimate of drug-likeness (QED) is 0.0390. The first-order chi connectivity index (χ1) is 22.0. The highest BCUT2D eigenvalue weighted by molar-refractivity contribution is 5.71. The molecular formula is C39H74O6. The third-order valence-electron chi connectivity index (χ3n) is 8.61. The van der Waals surface area contributed by atoms with Crippen LogP contribution in [0.4, 0.5) is 0 Å². The van der Waals surface area contributed by atoms with Gasteiger partial charge >= 0.3 is 17.9 Å². The number of rotatable bonds is 35. The van der Waals surface area contributed by atoms with Gasteiger partial charge in [-0.1, -0.05) is 175 Å². The van der Waals surface area contributed by atoms with Gasteiger partial charge in [-0.2, -0.15) is 0 Å². The first-order valence-corrected chi connectivity index (χ1v) is 19.5. The Balaban J connectivity index is 4.25. The molecule has 0 aliphatic carbocycles. The van der Waals surface area contributed by atoms with Crippen LogP contribution in [0.2, 0.25) is 0 Å². The maximum Gasteiger partial charge on any atom is 0.306 e. The topological polar surface area (TPSA) is 78.9 Å². The minimum absolute atomic E-state index is 0.0647. The van der Waals surface area contributed by atoms with Crippen LogP contribution in [0, 0.1) is 0 Å². The van der Waals surface area contributed by atoms with Gasteiger partial charge in [-0.3, -0.25) is 14.4 Å². The van der Waals surface area contributed by atoms with Crippen molar-refractivity contribution in [3.8, 4) is 0 Å². The second-order valence-electron chi connectivity index (χ2n) is 13.2. The molecule has 0 aliphatic rings. The van der Waals surface area contributed by atoms with Gasteiger partial charge in [-0.25, -0.2) is 0 Å². The van der Waals surface area contributed by atoms with Crippen molar-refractivity contribution in [2.45, 2.75) is 219 Å². The Morgan fingerprint density at radius 1 is 0.356 bits per heavy atom. The van der Waals surface area contributed by atoms with Crippen molar-refractivity contribution in [3.05, 3.63) is 0 Å². The van der Waals surface area contributed by atoms with E-state index in [1.807, 2.05) is 0 Å². The van der Waals surface area contributed by atoms with E-state index in [4.69, 9.17) is 14.2 Å². The highest BCUT2D eigenvalue weighted by atomic mass is 16.6. The molecule has 0 spiro atoms. The predicted octanol–water partition coefficient (Wildman–Crippen LogP) is 11.7. The van der Waals surface area contributed by atoms with Crippen LogP contribution in [0.25, 0.3) is 0 Å². The molecule has 0 aromatic carbocycles. The molecule has 1 atom stereocenters. The molecule has 0 radical (unpaired) electrons. The molecule has 0 amide bonds. The zero-order chi connectivity index (χ0) is 33.1. The Morgan fingerprint density at radius 2 is 0.600 bits per heavy atom. The van der Waals surface area contributed by atoms with Crippen LogP contribution in [-0.4, -0.2) is 37.2 Å². The molecule has 266 valence electrons. The van der Waals surface area contributed by atoms with E-state index < -0.39 is 6.10 Å². The summed E-state index contributed by atoms with van der Waals surface area (Å²) < 4.78 is 16.5. The van der Waals surface area contributed by atoms with Crippen molar-refractivity contribution in [2.75, 3.05) is 13.2 Å². The molecule has 1 unspecified atom stereocenters. The average Bonchev–Trinajstić information content (AvgIpc) is 3.03. The molecule has 0 aromatic heterocycles. The fraction of sp³-hybridized carbons (Fsp3) is 0.923. The summed E-state index contributed by atoms with van der Waals surface area (Å²) in [5.74, 6) is -0.875. The van der Waals surface area contributed by atoms with Crippen LogP contribution in [0.5, 0.6) is 0 Å². The fourth-order valence-corrected chi connectivity index (χ4v) is 5.62. The Kier molecular flexibility index (Phi) is 34.0. The molecule has 0 saturated heterocycles. The SMILES string of the molecule is CCCCCCCCCCCCCCCC(=O)OCC(COC(=O)CCCCCCCCC)OC(=O)CCCCCCCCC. The van der Waals surface area contributed by atoms with E-state index in [1.165, 1.54) is 116 Å². The summed E-state index contributed by atoms with van der Waals surface area (Å²) in [7, 11) is 0. The molecule has 0 saturated carbocycles. The van der Waals surface area contributed by atoms with Gasteiger partial charge < -0.3 is 14.2 Å². The third kappa shape index (κ3) is 33.6. The van der Waals surface area contributed by atoms with Crippen LogP contribution in [0.1, 0.15) is 213 Å². The average molecular weight is 639 g/mol. The van der Waals surface area contributed by atoms with Crippen LogP contribution in [-0.2, 0) is 28.6 Å². The van der Waals surface area contributed by atoms with Gasteiger partial charge in [0, 0.05) is 19.3 Å². The minimum Gasteiger partial charge on any atom is -0.462 e. The van der Waals surface area contributed by atoms with E-state index in [1.54, 1.807) is 0 Å². The molecule has 6 nitrogen and oxygen atoms in total. The number of unbranched alkanes of at least 4 members (excludes halogenated alkanes) is 24. The van der Waals surface area contributed by atoms with E-state index in [0.717, 1.165) is 57.8 Å². The minimum atomic E-state index is -0.754. The fourth-order valence-electron chi connectivity index (χ4n) is 5.62. The lowest BCUT2D eigenvalue weighted by molar-refractivity contribution is -0.167. The van der Waals surface area contributed by atoms with Gasteiger partial charge in [0.15, 0.2) is 6.10 Å². The van der Waals surface area contributed by atoms with Crippen molar-refractivity contribution in [3.63, 3.8) is 0 Å². The Bertz CT molecular complexity index is 664. The number of ether oxygens (including phenoxy) is 3. The first kappa shape index (κ1) is 43.4. The summed E-state index contributed by atoms with van der Waals surface area (Å²) in [6.45, 7) is 6.54. The largest absolute Gasteiger partial charge is 0.462 e. The van der Waals surface area contributed by atoms with Gasteiger partial charge in [0.05, 0.1) is 0 Å². The lowest BCUT2D eigenvalue weighted by Crippen LogP contribution is -2.30. The highest BCUT2D eigenvalue weighted by Crippen LogP contribution is 2.14. The Hall–Kier alpha value is -1.59. The zero-order valence-electron chi connectivity index (χ0n) is 30.2. The lowest BCUT2D eigenvalue weighted by atomic mass is 10.0. The van der Waals surface area contributed by atoms with E-state index in [9.17, 15) is 14.4 Å². The summed E-state index contributed by atoms with van der Waals surface area (Å²) in [5.41, 5.74) is 0. The molecule has 0 aromatic rings. The Morgan fingerprint density at radius 3 is 0.889 bits per heavy atom. The molecule has 0 aliphatic heterocycles. The van der Waals surface area contributed by atoms with Crippen molar-refractivity contribution in [2.24, 2.45) is 0 Å². The van der Waals surface area contributed by atoms with Crippen LogP contribution >= 0.6 is 0 Å². The van der Waals surface area contributed by atoms with Gasteiger partial charge in [0.1, 0.15) is 13.2 Å². The lowest BCUT2D eigenvalue weighted by Gasteiger charge is -2.18. The van der Waals surface area contributed by atoms with Gasteiger partial charge in [0.25, 0.3) is 0 Å². The molecule has 0 rings (SSSR count). The predicted molar refractivity (Wildman–Crippen MR) is 187 cm³/mol. The van der Waals surface area contributed by atoms with Crippen LogP contribution in [0.15, 0.2) is 0 Å². The van der Waals surface area contributed by atoms with Crippen LogP contribution < -0.4 is 0 Å². The summed E-state index contributed by atoms with van der Waals surface area (Å²) in [6.07, 6.45) is 32.5. The van der Waals surface area contributed by atoms with E-state index >= 15 is 0 Å². The number of carbonyl (C=O) groups is 3. The monoisotopic (exact) mass is 639 g/mol. The molecule has 0 heterocycles. The van der Waals surface area contributed by atoms with Crippen LogP contribution in [0.3, 0.4) is 0 Å². The maximum atomic E-state index is 12.5.